The van der Waals surface area contributed by atoms with Crippen LogP contribution >= 0.6 is 0 Å². The van der Waals surface area contributed by atoms with Gasteiger partial charge in [0.25, 0.3) is 0 Å². The highest BCUT2D eigenvalue weighted by Crippen LogP contribution is 2.30. The largest absolute Gasteiger partial charge is 0.416 e. The number of benzene rings is 1. The zero-order valence-corrected chi connectivity index (χ0v) is 9.65. The molecular formula is C12H12F3N3. The quantitative estimate of drug-likeness (QED) is 0.896. The molecule has 0 aliphatic heterocycles. The van der Waals surface area contributed by atoms with Gasteiger partial charge in [-0.05, 0) is 17.7 Å². The van der Waals surface area contributed by atoms with Crippen LogP contribution in [0.1, 0.15) is 22.9 Å². The van der Waals surface area contributed by atoms with Gasteiger partial charge in [0.15, 0.2) is 0 Å². The molecule has 0 spiro atoms. The average molecular weight is 255 g/mol. The molecule has 0 saturated heterocycles. The predicted molar refractivity (Wildman–Crippen MR) is 60.7 cm³/mol. The number of halogens is 3. The Morgan fingerprint density at radius 2 is 1.83 bits per heavy atom. The Morgan fingerprint density at radius 1 is 1.22 bits per heavy atom. The van der Waals surface area contributed by atoms with Crippen molar-refractivity contribution in [2.24, 2.45) is 12.8 Å². The molecule has 0 amide bonds. The van der Waals surface area contributed by atoms with Crippen molar-refractivity contribution in [1.29, 1.82) is 0 Å². The van der Waals surface area contributed by atoms with E-state index in [0.29, 0.717) is 11.3 Å². The first kappa shape index (κ1) is 12.6. The molecule has 6 heteroatoms. The number of hydrogen-bond acceptors (Lipinski definition) is 2. The molecule has 96 valence electrons. The van der Waals surface area contributed by atoms with Gasteiger partial charge in [0, 0.05) is 13.2 Å². The maximum absolute atomic E-state index is 12.4. The van der Waals surface area contributed by atoms with Crippen LogP contribution < -0.4 is 5.73 Å². The van der Waals surface area contributed by atoms with Crippen molar-refractivity contribution in [2.75, 3.05) is 0 Å². The van der Waals surface area contributed by atoms with Crippen LogP contribution in [0.2, 0.25) is 0 Å². The lowest BCUT2D eigenvalue weighted by atomic mass is 10.0. The van der Waals surface area contributed by atoms with Gasteiger partial charge in [0.2, 0.25) is 0 Å². The van der Waals surface area contributed by atoms with E-state index in [4.69, 9.17) is 5.73 Å². The number of imidazole rings is 1. The van der Waals surface area contributed by atoms with Crippen molar-refractivity contribution in [3.8, 4) is 0 Å². The van der Waals surface area contributed by atoms with E-state index in [1.807, 2.05) is 0 Å². The number of nitrogens with zero attached hydrogens (tertiary/aromatic N) is 2. The van der Waals surface area contributed by atoms with Crippen LogP contribution in [-0.2, 0) is 13.2 Å². The molecule has 2 aromatic rings. The van der Waals surface area contributed by atoms with Crippen molar-refractivity contribution in [3.05, 3.63) is 53.6 Å². The first-order valence-electron chi connectivity index (χ1n) is 5.28. The van der Waals surface area contributed by atoms with Gasteiger partial charge in [-0.25, -0.2) is 4.98 Å². The van der Waals surface area contributed by atoms with Gasteiger partial charge in [0.1, 0.15) is 0 Å². The first-order chi connectivity index (χ1) is 8.38. The predicted octanol–water partition coefficient (Wildman–Crippen LogP) is 2.49. The van der Waals surface area contributed by atoms with E-state index >= 15 is 0 Å². The van der Waals surface area contributed by atoms with Gasteiger partial charge < -0.3 is 10.3 Å². The Labute approximate surface area is 102 Å². The van der Waals surface area contributed by atoms with Crippen LogP contribution in [0.25, 0.3) is 0 Å². The number of aryl methyl sites for hydroxylation is 1. The zero-order chi connectivity index (χ0) is 13.3. The maximum atomic E-state index is 12.4. The summed E-state index contributed by atoms with van der Waals surface area (Å²) in [5.41, 5.74) is 6.47. The Bertz CT molecular complexity index is 528. The van der Waals surface area contributed by atoms with Crippen LogP contribution in [0.3, 0.4) is 0 Å². The zero-order valence-electron chi connectivity index (χ0n) is 9.65. The molecule has 0 radical (unpaired) electrons. The third kappa shape index (κ3) is 2.53. The van der Waals surface area contributed by atoms with E-state index < -0.39 is 17.8 Å². The summed E-state index contributed by atoms with van der Waals surface area (Å²) in [6, 6.07) is 4.29. The summed E-state index contributed by atoms with van der Waals surface area (Å²) < 4.78 is 38.9. The lowest BCUT2D eigenvalue weighted by Gasteiger charge is -2.11. The fraction of sp³-hybridized carbons (Fsp3) is 0.250. The van der Waals surface area contributed by atoms with Gasteiger partial charge >= 0.3 is 6.18 Å². The molecule has 2 rings (SSSR count). The van der Waals surface area contributed by atoms with E-state index in [-0.39, 0.29) is 0 Å². The molecule has 1 atom stereocenters. The smallest absolute Gasteiger partial charge is 0.340 e. The molecular weight excluding hydrogens is 243 g/mol. The Kier molecular flexibility index (Phi) is 3.13. The summed E-state index contributed by atoms with van der Waals surface area (Å²) in [5.74, 6) is 0. The van der Waals surface area contributed by atoms with Crippen LogP contribution in [0, 0.1) is 0 Å². The molecule has 0 aliphatic carbocycles. The van der Waals surface area contributed by atoms with Crippen LogP contribution in [-0.4, -0.2) is 9.55 Å². The minimum absolute atomic E-state index is 0.520. The van der Waals surface area contributed by atoms with Gasteiger partial charge in [-0.1, -0.05) is 12.1 Å². The molecule has 1 heterocycles. The maximum Gasteiger partial charge on any atom is 0.416 e. The Morgan fingerprint density at radius 3 is 2.28 bits per heavy atom. The normalized spacial score (nSPS) is 13.6. The van der Waals surface area contributed by atoms with Gasteiger partial charge in [-0.15, -0.1) is 0 Å². The standard InChI is InChI=1S/C12H12F3N3/c1-18-6-10(17-7-18)11(16)8-2-4-9(5-3-8)12(13,14)15/h2-7,11H,16H2,1H3. The number of alkyl halides is 3. The topological polar surface area (TPSA) is 43.8 Å². The molecule has 0 fully saturated rings. The molecule has 2 N–H and O–H groups in total. The highest BCUT2D eigenvalue weighted by Gasteiger charge is 2.30. The van der Waals surface area contributed by atoms with Crippen LogP contribution in [0.4, 0.5) is 13.2 Å². The molecule has 3 nitrogen and oxygen atoms in total. The summed E-state index contributed by atoms with van der Waals surface area (Å²) in [6.07, 6.45) is -0.991. The second-order valence-corrected chi connectivity index (χ2v) is 4.06. The summed E-state index contributed by atoms with van der Waals surface area (Å²) >= 11 is 0. The van der Waals surface area contributed by atoms with Crippen molar-refractivity contribution in [2.45, 2.75) is 12.2 Å². The molecule has 0 bridgehead atoms. The van der Waals surface area contributed by atoms with E-state index in [1.165, 1.54) is 12.1 Å². The van der Waals surface area contributed by atoms with E-state index in [1.54, 1.807) is 24.1 Å². The molecule has 18 heavy (non-hydrogen) atoms. The highest BCUT2D eigenvalue weighted by molar-refractivity contribution is 5.30. The van der Waals surface area contributed by atoms with E-state index in [0.717, 1.165) is 12.1 Å². The summed E-state index contributed by atoms with van der Waals surface area (Å²) in [5, 5.41) is 0. The fourth-order valence-corrected chi connectivity index (χ4v) is 1.64. The van der Waals surface area contributed by atoms with Crippen molar-refractivity contribution in [3.63, 3.8) is 0 Å². The molecule has 0 aliphatic rings. The third-order valence-corrected chi connectivity index (χ3v) is 2.64. The second-order valence-electron chi connectivity index (χ2n) is 4.06. The van der Waals surface area contributed by atoms with Crippen molar-refractivity contribution < 1.29 is 13.2 Å². The SMILES string of the molecule is Cn1cnc(C(N)c2ccc(C(F)(F)F)cc2)c1. The van der Waals surface area contributed by atoms with Crippen molar-refractivity contribution in [1.82, 2.24) is 9.55 Å². The monoisotopic (exact) mass is 255 g/mol. The summed E-state index contributed by atoms with van der Waals surface area (Å²) in [7, 11) is 1.80. The molecule has 1 unspecified atom stereocenters. The number of aromatic nitrogens is 2. The molecule has 1 aromatic heterocycles. The third-order valence-electron chi connectivity index (χ3n) is 2.64. The number of rotatable bonds is 2. The Balaban J connectivity index is 2.24. The average Bonchev–Trinajstić information content (AvgIpc) is 2.74. The van der Waals surface area contributed by atoms with Gasteiger partial charge in [-0.3, -0.25) is 0 Å². The molecule has 1 aromatic carbocycles. The van der Waals surface area contributed by atoms with Gasteiger partial charge in [0.05, 0.1) is 23.6 Å². The van der Waals surface area contributed by atoms with Crippen LogP contribution in [0.5, 0.6) is 0 Å². The summed E-state index contributed by atoms with van der Waals surface area (Å²) in [6.45, 7) is 0. The lowest BCUT2D eigenvalue weighted by Crippen LogP contribution is -2.13. The minimum atomic E-state index is -4.33. The van der Waals surface area contributed by atoms with E-state index in [9.17, 15) is 13.2 Å². The number of hydrogen-bond donors (Lipinski definition) is 1. The van der Waals surface area contributed by atoms with Gasteiger partial charge in [-0.2, -0.15) is 13.2 Å². The van der Waals surface area contributed by atoms with E-state index in [2.05, 4.69) is 4.98 Å². The second kappa shape index (κ2) is 4.45. The fourth-order valence-electron chi connectivity index (χ4n) is 1.64. The summed E-state index contributed by atoms with van der Waals surface area (Å²) in [4.78, 5) is 4.08. The highest BCUT2D eigenvalue weighted by atomic mass is 19.4. The minimum Gasteiger partial charge on any atom is -0.340 e. The lowest BCUT2D eigenvalue weighted by molar-refractivity contribution is -0.137. The van der Waals surface area contributed by atoms with Crippen molar-refractivity contribution >= 4 is 0 Å². The number of nitrogens with two attached hydrogens (primary N) is 1. The molecule has 0 saturated carbocycles. The van der Waals surface area contributed by atoms with Crippen LogP contribution in [0.15, 0.2) is 36.8 Å². The Hall–Kier alpha value is -1.82. The first-order valence-corrected chi connectivity index (χ1v) is 5.28.